The third kappa shape index (κ3) is 2.64. The highest BCUT2D eigenvalue weighted by molar-refractivity contribution is 5.77. The van der Waals surface area contributed by atoms with Crippen molar-refractivity contribution >= 4 is 5.91 Å². The highest BCUT2D eigenvalue weighted by Crippen LogP contribution is 2.66. The van der Waals surface area contributed by atoms with Crippen LogP contribution in [0, 0.1) is 24.2 Å². The van der Waals surface area contributed by atoms with E-state index < -0.39 is 0 Å². The van der Waals surface area contributed by atoms with Gasteiger partial charge in [-0.2, -0.15) is 0 Å². The van der Waals surface area contributed by atoms with Gasteiger partial charge in [0.15, 0.2) is 0 Å². The number of benzene rings is 1. The Hall–Kier alpha value is -1.31. The Bertz CT molecular complexity index is 656. The molecule has 1 saturated heterocycles. The predicted molar refractivity (Wildman–Crippen MR) is 100 cm³/mol. The van der Waals surface area contributed by atoms with Crippen molar-refractivity contribution < 1.29 is 4.79 Å². The van der Waals surface area contributed by atoms with Crippen LogP contribution in [0.4, 0.5) is 0 Å². The number of hydrogen-bond acceptors (Lipinski definition) is 1. The number of nitrogens with zero attached hydrogens (tertiary/aromatic N) is 1. The van der Waals surface area contributed by atoms with Gasteiger partial charge in [0.25, 0.3) is 0 Å². The van der Waals surface area contributed by atoms with Gasteiger partial charge in [0.05, 0.1) is 0 Å². The lowest BCUT2D eigenvalue weighted by atomic mass is 9.42. The zero-order valence-corrected chi connectivity index (χ0v) is 15.6. The largest absolute Gasteiger partial charge is 0.343 e. The van der Waals surface area contributed by atoms with Crippen LogP contribution in [0.25, 0.3) is 0 Å². The molecule has 0 spiro atoms. The van der Waals surface area contributed by atoms with E-state index in [0.29, 0.717) is 16.7 Å². The minimum Gasteiger partial charge on any atom is -0.343 e. The van der Waals surface area contributed by atoms with Crippen LogP contribution >= 0.6 is 0 Å². The Balaban J connectivity index is 1.44. The smallest absolute Gasteiger partial charge is 0.223 e. The molecule has 2 heteroatoms. The molecule has 1 amide bonds. The second-order valence-corrected chi connectivity index (χ2v) is 9.87. The molecule has 0 aromatic heterocycles. The molecule has 1 aromatic carbocycles. The maximum atomic E-state index is 12.9. The lowest BCUT2D eigenvalue weighted by Gasteiger charge is -2.62. The van der Waals surface area contributed by atoms with Crippen LogP contribution in [-0.4, -0.2) is 23.9 Å². The molecule has 1 aromatic rings. The van der Waals surface area contributed by atoms with Crippen molar-refractivity contribution in [1.82, 2.24) is 4.90 Å². The van der Waals surface area contributed by atoms with Crippen LogP contribution in [0.15, 0.2) is 24.3 Å². The SMILES string of the molecule is Cc1ccc(C23C[C@H]4C[C@@H](CC(CC(=O)N5CCCC5)(C4)C2)C3)cc1. The highest BCUT2D eigenvalue weighted by atomic mass is 16.2. The summed E-state index contributed by atoms with van der Waals surface area (Å²) < 4.78 is 0. The molecule has 4 saturated carbocycles. The summed E-state index contributed by atoms with van der Waals surface area (Å²) in [5.74, 6) is 2.17. The fraction of sp³-hybridized carbons (Fsp3) is 0.696. The maximum Gasteiger partial charge on any atom is 0.223 e. The molecule has 2 nitrogen and oxygen atoms in total. The molecule has 1 aliphatic heterocycles. The van der Waals surface area contributed by atoms with E-state index in [1.54, 1.807) is 5.56 Å². The lowest BCUT2D eigenvalue weighted by molar-refractivity contribution is -0.140. The van der Waals surface area contributed by atoms with E-state index >= 15 is 0 Å². The molecule has 5 aliphatic rings. The fourth-order valence-corrected chi connectivity index (χ4v) is 7.30. The number of aryl methyl sites for hydroxylation is 1. The standard InChI is InChI=1S/C23H31NO/c1-17-4-6-20(7-5-17)23-13-18-10-19(14-23)12-22(11-18,16-23)15-21(25)24-8-2-3-9-24/h4-7,18-19H,2-3,8-16H2,1H3/t18-,19-,22?,23?/m0/s1. The average molecular weight is 338 g/mol. The normalized spacial score (nSPS) is 39.2. The van der Waals surface area contributed by atoms with Crippen LogP contribution in [0.2, 0.25) is 0 Å². The van der Waals surface area contributed by atoms with Gasteiger partial charge in [-0.25, -0.2) is 0 Å². The molecule has 6 rings (SSSR count). The van der Waals surface area contributed by atoms with Crippen molar-refractivity contribution in [1.29, 1.82) is 0 Å². The van der Waals surface area contributed by atoms with Crippen LogP contribution in [0.3, 0.4) is 0 Å². The van der Waals surface area contributed by atoms with Crippen LogP contribution in [-0.2, 0) is 10.2 Å². The molecule has 1 heterocycles. The number of rotatable bonds is 3. The van der Waals surface area contributed by atoms with Gasteiger partial charge in [-0.15, -0.1) is 0 Å². The first-order valence-corrected chi connectivity index (χ1v) is 10.4. The fourth-order valence-electron chi connectivity index (χ4n) is 7.30. The quantitative estimate of drug-likeness (QED) is 0.772. The molecule has 0 unspecified atom stereocenters. The lowest BCUT2D eigenvalue weighted by Crippen LogP contribution is -2.55. The van der Waals surface area contributed by atoms with Crippen molar-refractivity contribution in [2.45, 2.75) is 70.1 Å². The summed E-state index contributed by atoms with van der Waals surface area (Å²) >= 11 is 0. The maximum absolute atomic E-state index is 12.9. The van der Waals surface area contributed by atoms with Gasteiger partial charge in [0.1, 0.15) is 0 Å². The molecule has 4 aliphatic carbocycles. The first-order valence-electron chi connectivity index (χ1n) is 10.4. The second kappa shape index (κ2) is 5.59. The molecular formula is C23H31NO. The van der Waals surface area contributed by atoms with E-state index in [0.717, 1.165) is 31.3 Å². The zero-order valence-electron chi connectivity index (χ0n) is 15.6. The van der Waals surface area contributed by atoms with Crippen LogP contribution in [0.5, 0.6) is 0 Å². The van der Waals surface area contributed by atoms with Gasteiger partial charge in [0.2, 0.25) is 5.91 Å². The van der Waals surface area contributed by atoms with Gasteiger partial charge < -0.3 is 4.90 Å². The van der Waals surface area contributed by atoms with E-state index in [4.69, 9.17) is 0 Å². The highest BCUT2D eigenvalue weighted by Gasteiger charge is 2.58. The molecule has 0 N–H and O–H groups in total. The number of carbonyl (C=O) groups excluding carboxylic acids is 1. The van der Waals surface area contributed by atoms with Crippen molar-refractivity contribution in [3.63, 3.8) is 0 Å². The predicted octanol–water partition coefficient (Wildman–Crippen LogP) is 4.85. The molecule has 5 fully saturated rings. The monoisotopic (exact) mass is 337 g/mol. The summed E-state index contributed by atoms with van der Waals surface area (Å²) in [6.07, 6.45) is 11.3. The first-order chi connectivity index (χ1) is 12.1. The van der Waals surface area contributed by atoms with Crippen LogP contribution < -0.4 is 0 Å². The molecule has 25 heavy (non-hydrogen) atoms. The Kier molecular flexibility index (Phi) is 3.56. The topological polar surface area (TPSA) is 20.3 Å². The molecular weight excluding hydrogens is 306 g/mol. The van der Waals surface area contributed by atoms with Crippen molar-refractivity contribution in [3.8, 4) is 0 Å². The summed E-state index contributed by atoms with van der Waals surface area (Å²) in [6, 6.07) is 9.35. The van der Waals surface area contributed by atoms with Crippen molar-refractivity contribution in [2.75, 3.05) is 13.1 Å². The third-order valence-electron chi connectivity index (χ3n) is 7.83. The number of amides is 1. The zero-order chi connectivity index (χ0) is 17.1. The van der Waals surface area contributed by atoms with Crippen molar-refractivity contribution in [3.05, 3.63) is 35.4 Å². The molecule has 2 atom stereocenters. The molecule has 4 bridgehead atoms. The van der Waals surface area contributed by atoms with E-state index in [2.05, 4.69) is 36.1 Å². The van der Waals surface area contributed by atoms with E-state index in [9.17, 15) is 4.79 Å². The average Bonchev–Trinajstić information content (AvgIpc) is 3.08. The van der Waals surface area contributed by atoms with Gasteiger partial charge >= 0.3 is 0 Å². The van der Waals surface area contributed by atoms with E-state index in [1.165, 1.54) is 56.9 Å². The minimum atomic E-state index is 0.300. The van der Waals surface area contributed by atoms with E-state index in [-0.39, 0.29) is 0 Å². The summed E-state index contributed by atoms with van der Waals surface area (Å²) in [6.45, 7) is 4.19. The van der Waals surface area contributed by atoms with Gasteiger partial charge in [-0.05, 0) is 86.5 Å². The Morgan fingerprint density at radius 2 is 1.68 bits per heavy atom. The summed E-state index contributed by atoms with van der Waals surface area (Å²) in [5, 5.41) is 0. The summed E-state index contributed by atoms with van der Waals surface area (Å²) in [7, 11) is 0. The molecule has 0 radical (unpaired) electrons. The van der Waals surface area contributed by atoms with Gasteiger partial charge in [-0.1, -0.05) is 29.8 Å². The summed E-state index contributed by atoms with van der Waals surface area (Å²) in [5.41, 5.74) is 3.58. The summed E-state index contributed by atoms with van der Waals surface area (Å²) in [4.78, 5) is 15.1. The Morgan fingerprint density at radius 3 is 2.32 bits per heavy atom. The van der Waals surface area contributed by atoms with Crippen LogP contribution in [0.1, 0.15) is 68.9 Å². The minimum absolute atomic E-state index is 0.300. The van der Waals surface area contributed by atoms with E-state index in [1.807, 2.05) is 0 Å². The van der Waals surface area contributed by atoms with Crippen molar-refractivity contribution in [2.24, 2.45) is 17.3 Å². The van der Waals surface area contributed by atoms with Gasteiger partial charge in [-0.3, -0.25) is 4.79 Å². The Morgan fingerprint density at radius 1 is 1.04 bits per heavy atom. The first kappa shape index (κ1) is 15.9. The van der Waals surface area contributed by atoms with Gasteiger partial charge in [0, 0.05) is 19.5 Å². The number of hydrogen-bond donors (Lipinski definition) is 0. The molecule has 134 valence electrons. The Labute approximate surface area is 152 Å². The number of carbonyl (C=O) groups is 1. The number of likely N-dealkylation sites (tertiary alicyclic amines) is 1. The third-order valence-corrected chi connectivity index (χ3v) is 7.83. The second-order valence-electron chi connectivity index (χ2n) is 9.87.